The van der Waals surface area contributed by atoms with Crippen LogP contribution in [0.25, 0.3) is 11.1 Å². The van der Waals surface area contributed by atoms with E-state index < -0.39 is 0 Å². The molecule has 4 heteroatoms. The highest BCUT2D eigenvalue weighted by Crippen LogP contribution is 2.23. The van der Waals surface area contributed by atoms with E-state index in [1.54, 1.807) is 24.3 Å². The zero-order valence-corrected chi connectivity index (χ0v) is 15.7. The molecule has 0 saturated carbocycles. The van der Waals surface area contributed by atoms with Gasteiger partial charge in [-0.2, -0.15) is 0 Å². The van der Waals surface area contributed by atoms with Gasteiger partial charge in [-0.25, -0.2) is 4.79 Å². The monoisotopic (exact) mass is 354 g/mol. The minimum absolute atomic E-state index is 0.0671. The van der Waals surface area contributed by atoms with Crippen LogP contribution < -0.4 is 4.74 Å². The molecule has 1 atom stereocenters. The van der Waals surface area contributed by atoms with Crippen LogP contribution in [0, 0.1) is 0 Å². The number of ether oxygens (including phenoxy) is 2. The summed E-state index contributed by atoms with van der Waals surface area (Å²) < 4.78 is 10.5. The smallest absolute Gasteiger partial charge is 0.338 e. The van der Waals surface area contributed by atoms with Gasteiger partial charge in [-0.3, -0.25) is 4.79 Å². The molecule has 0 fully saturated rings. The predicted octanol–water partition coefficient (Wildman–Crippen LogP) is 5.40. The number of carbonyl (C=O) groups excluding carboxylic acids is 2. The number of hydrogen-bond acceptors (Lipinski definition) is 4. The summed E-state index contributed by atoms with van der Waals surface area (Å²) >= 11 is 0. The van der Waals surface area contributed by atoms with Crippen molar-refractivity contribution in [1.29, 1.82) is 0 Å². The topological polar surface area (TPSA) is 52.6 Å². The standard InChI is InChI=1S/C22H26O4/c1-4-5-6-7-16(2)25-22(24)20-10-8-18(9-11-20)19-12-14-21(15-13-19)26-17(3)23/h8-16H,4-7H2,1-3H3/t16-/m1/s1. The van der Waals surface area contributed by atoms with Crippen molar-refractivity contribution in [3.63, 3.8) is 0 Å². The zero-order chi connectivity index (χ0) is 18.9. The van der Waals surface area contributed by atoms with Gasteiger partial charge < -0.3 is 9.47 Å². The summed E-state index contributed by atoms with van der Waals surface area (Å²) in [4.78, 5) is 23.2. The molecule has 2 aromatic rings. The van der Waals surface area contributed by atoms with Gasteiger partial charge in [0.1, 0.15) is 5.75 Å². The first-order valence-corrected chi connectivity index (χ1v) is 9.09. The van der Waals surface area contributed by atoms with E-state index in [0.717, 1.165) is 36.8 Å². The number of carbonyl (C=O) groups is 2. The third kappa shape index (κ3) is 6.03. The van der Waals surface area contributed by atoms with E-state index in [1.807, 2.05) is 31.2 Å². The summed E-state index contributed by atoms with van der Waals surface area (Å²) in [5.41, 5.74) is 2.51. The summed E-state index contributed by atoms with van der Waals surface area (Å²) in [5.74, 6) is -0.117. The van der Waals surface area contributed by atoms with Gasteiger partial charge in [0, 0.05) is 6.92 Å². The van der Waals surface area contributed by atoms with Gasteiger partial charge in [-0.15, -0.1) is 0 Å². The number of hydrogen-bond donors (Lipinski definition) is 0. The van der Waals surface area contributed by atoms with Gasteiger partial charge in [0.15, 0.2) is 0 Å². The maximum atomic E-state index is 12.2. The van der Waals surface area contributed by atoms with E-state index in [4.69, 9.17) is 9.47 Å². The van der Waals surface area contributed by atoms with Crippen LogP contribution in [0.15, 0.2) is 48.5 Å². The second-order valence-electron chi connectivity index (χ2n) is 6.41. The quantitative estimate of drug-likeness (QED) is 0.361. The SMILES string of the molecule is CCCCC[C@@H](C)OC(=O)c1ccc(-c2ccc(OC(C)=O)cc2)cc1. The van der Waals surface area contributed by atoms with Gasteiger partial charge in [0.05, 0.1) is 11.7 Å². The van der Waals surface area contributed by atoms with Crippen molar-refractivity contribution in [2.45, 2.75) is 52.6 Å². The Hall–Kier alpha value is -2.62. The Bertz CT molecular complexity index is 717. The van der Waals surface area contributed by atoms with Crippen molar-refractivity contribution >= 4 is 11.9 Å². The fourth-order valence-corrected chi connectivity index (χ4v) is 2.67. The first kappa shape index (κ1) is 19.7. The molecule has 138 valence electrons. The number of rotatable bonds is 8. The average Bonchev–Trinajstić information content (AvgIpc) is 2.62. The average molecular weight is 354 g/mol. The molecule has 2 rings (SSSR count). The summed E-state index contributed by atoms with van der Waals surface area (Å²) in [5, 5.41) is 0. The minimum Gasteiger partial charge on any atom is -0.459 e. The predicted molar refractivity (Wildman–Crippen MR) is 102 cm³/mol. The number of benzene rings is 2. The molecule has 2 aromatic carbocycles. The normalized spacial score (nSPS) is 11.7. The third-order valence-electron chi connectivity index (χ3n) is 4.09. The molecule has 0 radical (unpaired) electrons. The molecular formula is C22H26O4. The van der Waals surface area contributed by atoms with Crippen LogP contribution in [-0.2, 0) is 9.53 Å². The molecular weight excluding hydrogens is 328 g/mol. The second kappa shape index (κ2) is 9.76. The molecule has 0 aliphatic carbocycles. The lowest BCUT2D eigenvalue weighted by molar-refractivity contribution is -0.131. The summed E-state index contributed by atoms with van der Waals surface area (Å²) in [6.07, 6.45) is 4.22. The number of esters is 2. The largest absolute Gasteiger partial charge is 0.459 e. The van der Waals surface area contributed by atoms with Crippen LogP contribution in [0.5, 0.6) is 5.75 Å². The van der Waals surface area contributed by atoms with Crippen molar-refractivity contribution in [1.82, 2.24) is 0 Å². The lowest BCUT2D eigenvalue weighted by Gasteiger charge is -2.13. The van der Waals surface area contributed by atoms with E-state index >= 15 is 0 Å². The molecule has 0 N–H and O–H groups in total. The van der Waals surface area contributed by atoms with E-state index in [-0.39, 0.29) is 18.0 Å². The van der Waals surface area contributed by atoms with Crippen LogP contribution in [0.1, 0.15) is 56.8 Å². The summed E-state index contributed by atoms with van der Waals surface area (Å²) in [7, 11) is 0. The highest BCUT2D eigenvalue weighted by Gasteiger charge is 2.12. The fraction of sp³-hybridized carbons (Fsp3) is 0.364. The first-order chi connectivity index (χ1) is 12.5. The Morgan fingerprint density at radius 2 is 1.50 bits per heavy atom. The molecule has 0 heterocycles. The van der Waals surface area contributed by atoms with Gasteiger partial charge in [-0.05, 0) is 55.2 Å². The van der Waals surface area contributed by atoms with Gasteiger partial charge >= 0.3 is 11.9 Å². The number of unbranched alkanes of at least 4 members (excludes halogenated alkanes) is 2. The fourth-order valence-electron chi connectivity index (χ4n) is 2.67. The molecule has 0 unspecified atom stereocenters. The third-order valence-corrected chi connectivity index (χ3v) is 4.09. The molecule has 0 amide bonds. The Kier molecular flexibility index (Phi) is 7.39. The Morgan fingerprint density at radius 3 is 2.04 bits per heavy atom. The van der Waals surface area contributed by atoms with Crippen LogP contribution in [0.2, 0.25) is 0 Å². The molecule has 26 heavy (non-hydrogen) atoms. The molecule has 0 bridgehead atoms. The lowest BCUT2D eigenvalue weighted by Crippen LogP contribution is -2.14. The van der Waals surface area contributed by atoms with Crippen molar-refractivity contribution in [2.24, 2.45) is 0 Å². The van der Waals surface area contributed by atoms with Crippen LogP contribution in [0.3, 0.4) is 0 Å². The van der Waals surface area contributed by atoms with E-state index in [9.17, 15) is 9.59 Å². The lowest BCUT2D eigenvalue weighted by atomic mass is 10.0. The van der Waals surface area contributed by atoms with Crippen molar-refractivity contribution in [3.8, 4) is 16.9 Å². The van der Waals surface area contributed by atoms with Crippen LogP contribution >= 0.6 is 0 Å². The molecule has 0 aromatic heterocycles. The second-order valence-corrected chi connectivity index (χ2v) is 6.41. The highest BCUT2D eigenvalue weighted by atomic mass is 16.5. The maximum absolute atomic E-state index is 12.2. The zero-order valence-electron chi connectivity index (χ0n) is 15.7. The molecule has 4 nitrogen and oxygen atoms in total. The highest BCUT2D eigenvalue weighted by molar-refractivity contribution is 5.90. The van der Waals surface area contributed by atoms with Crippen molar-refractivity contribution in [3.05, 3.63) is 54.1 Å². The van der Waals surface area contributed by atoms with Crippen molar-refractivity contribution < 1.29 is 19.1 Å². The molecule has 0 aliphatic rings. The molecule has 0 spiro atoms. The minimum atomic E-state index is -0.343. The van der Waals surface area contributed by atoms with Crippen LogP contribution in [0.4, 0.5) is 0 Å². The van der Waals surface area contributed by atoms with E-state index in [1.165, 1.54) is 6.92 Å². The van der Waals surface area contributed by atoms with Gasteiger partial charge in [0.25, 0.3) is 0 Å². The Labute approximate surface area is 155 Å². The van der Waals surface area contributed by atoms with E-state index in [0.29, 0.717) is 11.3 Å². The van der Waals surface area contributed by atoms with Crippen molar-refractivity contribution in [2.75, 3.05) is 0 Å². The van der Waals surface area contributed by atoms with Gasteiger partial charge in [0.2, 0.25) is 0 Å². The molecule has 0 saturated heterocycles. The molecule has 0 aliphatic heterocycles. The first-order valence-electron chi connectivity index (χ1n) is 9.09. The van der Waals surface area contributed by atoms with E-state index in [2.05, 4.69) is 6.92 Å². The summed E-state index contributed by atoms with van der Waals surface area (Å²) in [6.45, 7) is 5.46. The van der Waals surface area contributed by atoms with Crippen LogP contribution in [-0.4, -0.2) is 18.0 Å². The van der Waals surface area contributed by atoms with Gasteiger partial charge in [-0.1, -0.05) is 44.0 Å². The Morgan fingerprint density at radius 1 is 0.923 bits per heavy atom. The maximum Gasteiger partial charge on any atom is 0.338 e. The Balaban J connectivity index is 1.96. The summed E-state index contributed by atoms with van der Waals surface area (Å²) in [6, 6.07) is 14.6.